The van der Waals surface area contributed by atoms with Gasteiger partial charge < -0.3 is 10.0 Å². The van der Waals surface area contributed by atoms with E-state index in [9.17, 15) is 4.79 Å². The summed E-state index contributed by atoms with van der Waals surface area (Å²) in [6.07, 6.45) is 9.17. The molecular formula is C17H20ClNO2. The molecule has 3 rings (SSSR count). The highest BCUT2D eigenvalue weighted by atomic mass is 35.5. The fourth-order valence-electron chi connectivity index (χ4n) is 3.85. The van der Waals surface area contributed by atoms with Crippen molar-refractivity contribution < 1.29 is 9.90 Å². The van der Waals surface area contributed by atoms with E-state index in [0.29, 0.717) is 11.1 Å². The zero-order valence-corrected chi connectivity index (χ0v) is 12.7. The molecule has 1 aliphatic heterocycles. The van der Waals surface area contributed by atoms with Crippen LogP contribution >= 0.6 is 11.6 Å². The van der Waals surface area contributed by atoms with Crippen molar-refractivity contribution in [1.29, 1.82) is 0 Å². The van der Waals surface area contributed by atoms with Gasteiger partial charge in [-0.2, -0.15) is 0 Å². The van der Waals surface area contributed by atoms with Crippen molar-refractivity contribution in [2.45, 2.75) is 38.1 Å². The molecule has 1 saturated heterocycles. The summed E-state index contributed by atoms with van der Waals surface area (Å²) in [5, 5.41) is 9.49. The van der Waals surface area contributed by atoms with Crippen LogP contribution in [0.25, 0.3) is 6.08 Å². The van der Waals surface area contributed by atoms with E-state index in [1.54, 1.807) is 6.08 Å². The molecule has 21 heavy (non-hydrogen) atoms. The van der Waals surface area contributed by atoms with Gasteiger partial charge in [0.2, 0.25) is 0 Å². The molecule has 1 saturated carbocycles. The lowest BCUT2D eigenvalue weighted by atomic mass is 9.91. The molecule has 0 radical (unpaired) electrons. The van der Waals surface area contributed by atoms with Gasteiger partial charge in [0, 0.05) is 34.9 Å². The number of carboxylic acids is 1. The van der Waals surface area contributed by atoms with Crippen LogP contribution < -0.4 is 4.90 Å². The lowest BCUT2D eigenvalue weighted by Crippen LogP contribution is -2.43. The minimum Gasteiger partial charge on any atom is -0.478 e. The summed E-state index contributed by atoms with van der Waals surface area (Å²) >= 11 is 6.30. The Morgan fingerprint density at radius 2 is 2.10 bits per heavy atom. The van der Waals surface area contributed by atoms with Crippen molar-refractivity contribution in [1.82, 2.24) is 0 Å². The van der Waals surface area contributed by atoms with Gasteiger partial charge in [-0.25, -0.2) is 4.79 Å². The highest BCUT2D eigenvalue weighted by Crippen LogP contribution is 2.41. The monoisotopic (exact) mass is 305 g/mol. The zero-order valence-electron chi connectivity index (χ0n) is 12.0. The second-order valence-electron chi connectivity index (χ2n) is 5.94. The number of carbonyl (C=O) groups is 1. The van der Waals surface area contributed by atoms with Gasteiger partial charge in [-0.1, -0.05) is 24.1 Å². The van der Waals surface area contributed by atoms with Crippen LogP contribution in [-0.2, 0) is 4.79 Å². The Bertz CT molecular complexity index is 570. The van der Waals surface area contributed by atoms with Crippen LogP contribution in [0.5, 0.6) is 0 Å². The maximum absolute atomic E-state index is 10.8. The first-order valence-corrected chi connectivity index (χ1v) is 8.01. The normalized spacial score (nSPS) is 25.3. The van der Waals surface area contributed by atoms with Crippen molar-refractivity contribution in [3.05, 3.63) is 34.9 Å². The number of aliphatic carboxylic acids is 1. The third-order valence-electron chi connectivity index (χ3n) is 4.73. The molecule has 2 fully saturated rings. The molecule has 1 N–H and O–H groups in total. The smallest absolute Gasteiger partial charge is 0.328 e. The topological polar surface area (TPSA) is 40.5 Å². The Morgan fingerprint density at radius 1 is 1.29 bits per heavy atom. The standard InChI is InChI=1S/C17H20ClNO2/c18-14-6-2-8-16(13(14)9-10-17(20)21)19-11-3-5-12-4-1-7-15(12)19/h2,6,8-10,12,15H,1,3-5,7,11H2,(H,20,21). The van der Waals surface area contributed by atoms with Crippen molar-refractivity contribution in [3.63, 3.8) is 0 Å². The van der Waals surface area contributed by atoms with Crippen molar-refractivity contribution in [2.24, 2.45) is 5.92 Å². The molecule has 1 aromatic rings. The molecule has 0 spiro atoms. The predicted molar refractivity (Wildman–Crippen MR) is 85.8 cm³/mol. The number of hydrogen-bond acceptors (Lipinski definition) is 2. The second kappa shape index (κ2) is 6.10. The van der Waals surface area contributed by atoms with Crippen LogP contribution in [0.3, 0.4) is 0 Å². The molecule has 1 aromatic carbocycles. The molecule has 4 heteroatoms. The number of piperidine rings is 1. The van der Waals surface area contributed by atoms with E-state index in [0.717, 1.165) is 23.7 Å². The summed E-state index contributed by atoms with van der Waals surface area (Å²) in [6, 6.07) is 6.43. The average molecular weight is 306 g/mol. The van der Waals surface area contributed by atoms with Gasteiger partial charge in [-0.3, -0.25) is 0 Å². The number of benzene rings is 1. The van der Waals surface area contributed by atoms with Crippen molar-refractivity contribution >= 4 is 29.3 Å². The first kappa shape index (κ1) is 14.5. The number of fused-ring (bicyclic) bond motifs is 1. The number of hydrogen-bond donors (Lipinski definition) is 1. The number of nitrogens with zero attached hydrogens (tertiary/aromatic N) is 1. The SMILES string of the molecule is O=C(O)C=Cc1c(Cl)cccc1N1CCCC2CCCC21. The number of halogens is 1. The Morgan fingerprint density at radius 3 is 2.90 bits per heavy atom. The summed E-state index contributed by atoms with van der Waals surface area (Å²) in [6.45, 7) is 1.04. The van der Waals surface area contributed by atoms with Crippen LogP contribution in [0.4, 0.5) is 5.69 Å². The molecule has 2 aliphatic rings. The molecule has 0 amide bonds. The molecule has 2 atom stereocenters. The third kappa shape index (κ3) is 2.93. The van der Waals surface area contributed by atoms with E-state index >= 15 is 0 Å². The number of rotatable bonds is 3. The largest absolute Gasteiger partial charge is 0.478 e. The summed E-state index contributed by atoms with van der Waals surface area (Å²) in [5.41, 5.74) is 1.91. The lowest BCUT2D eigenvalue weighted by Gasteiger charge is -2.40. The molecule has 0 bridgehead atoms. The van der Waals surface area contributed by atoms with Gasteiger partial charge in [0.15, 0.2) is 0 Å². The quantitative estimate of drug-likeness (QED) is 0.851. The highest BCUT2D eigenvalue weighted by Gasteiger charge is 2.35. The first-order chi connectivity index (χ1) is 10.2. The van der Waals surface area contributed by atoms with Crippen LogP contribution in [0.1, 0.15) is 37.7 Å². The van der Waals surface area contributed by atoms with Crippen LogP contribution in [-0.4, -0.2) is 23.7 Å². The van der Waals surface area contributed by atoms with Crippen molar-refractivity contribution in [2.75, 3.05) is 11.4 Å². The van der Waals surface area contributed by atoms with E-state index < -0.39 is 5.97 Å². The maximum atomic E-state index is 10.8. The van der Waals surface area contributed by atoms with E-state index in [1.165, 1.54) is 38.2 Å². The highest BCUT2D eigenvalue weighted by molar-refractivity contribution is 6.32. The first-order valence-electron chi connectivity index (χ1n) is 7.63. The van der Waals surface area contributed by atoms with Crippen LogP contribution in [0.15, 0.2) is 24.3 Å². The fourth-order valence-corrected chi connectivity index (χ4v) is 4.08. The molecule has 1 heterocycles. The maximum Gasteiger partial charge on any atom is 0.328 e. The second-order valence-corrected chi connectivity index (χ2v) is 6.35. The third-order valence-corrected chi connectivity index (χ3v) is 5.05. The molecule has 3 nitrogen and oxygen atoms in total. The van der Waals surface area contributed by atoms with E-state index in [-0.39, 0.29) is 0 Å². The predicted octanol–water partition coefficient (Wildman–Crippen LogP) is 4.21. The number of anilines is 1. The van der Waals surface area contributed by atoms with E-state index in [4.69, 9.17) is 16.7 Å². The Kier molecular flexibility index (Phi) is 4.20. The fraction of sp³-hybridized carbons (Fsp3) is 0.471. The van der Waals surface area contributed by atoms with Crippen molar-refractivity contribution in [3.8, 4) is 0 Å². The average Bonchev–Trinajstić information content (AvgIpc) is 2.94. The van der Waals surface area contributed by atoms with E-state index in [1.807, 2.05) is 12.1 Å². The van der Waals surface area contributed by atoms with Gasteiger partial charge in [-0.05, 0) is 49.8 Å². The van der Waals surface area contributed by atoms with Crippen LogP contribution in [0, 0.1) is 5.92 Å². The summed E-state index contributed by atoms with van der Waals surface area (Å²) in [5.74, 6) is -0.160. The number of carboxylic acid groups (broad SMARTS) is 1. The van der Waals surface area contributed by atoms with Gasteiger partial charge >= 0.3 is 5.97 Å². The lowest BCUT2D eigenvalue weighted by molar-refractivity contribution is -0.131. The summed E-state index contributed by atoms with van der Waals surface area (Å²) < 4.78 is 0. The minimum absolute atomic E-state index is 0.592. The zero-order chi connectivity index (χ0) is 14.8. The molecule has 0 aromatic heterocycles. The van der Waals surface area contributed by atoms with Gasteiger partial charge in [0.1, 0.15) is 0 Å². The van der Waals surface area contributed by atoms with Crippen LogP contribution in [0.2, 0.25) is 5.02 Å². The Hall–Kier alpha value is -1.48. The summed E-state index contributed by atoms with van der Waals surface area (Å²) in [4.78, 5) is 13.3. The molecular weight excluding hydrogens is 286 g/mol. The molecule has 1 aliphatic carbocycles. The van der Waals surface area contributed by atoms with Gasteiger partial charge in [-0.15, -0.1) is 0 Å². The van der Waals surface area contributed by atoms with Gasteiger partial charge in [0.05, 0.1) is 0 Å². The Labute approximate surface area is 130 Å². The Balaban J connectivity index is 1.97. The van der Waals surface area contributed by atoms with E-state index in [2.05, 4.69) is 11.0 Å². The minimum atomic E-state index is -0.946. The molecule has 2 unspecified atom stereocenters. The summed E-state index contributed by atoms with van der Waals surface area (Å²) in [7, 11) is 0. The molecule has 112 valence electrons. The van der Waals surface area contributed by atoms with Gasteiger partial charge in [0.25, 0.3) is 0 Å².